The molecule has 1 N–H and O–H groups in total. The maximum Gasteiger partial charge on any atom is 0.115 e. The van der Waals surface area contributed by atoms with Crippen LogP contribution in [0.1, 0.15) is 24.1 Å². The van der Waals surface area contributed by atoms with Crippen molar-refractivity contribution in [3.63, 3.8) is 0 Å². The molecule has 0 saturated heterocycles. The molecular formula is C11H12N4. The van der Waals surface area contributed by atoms with Crippen LogP contribution in [0.4, 0.5) is 0 Å². The fraction of sp³-hybridized carbons (Fsp3) is 0.364. The average Bonchev–Trinajstić information content (AvgIpc) is 2.74. The van der Waals surface area contributed by atoms with E-state index in [1.807, 2.05) is 0 Å². The summed E-state index contributed by atoms with van der Waals surface area (Å²) in [5, 5.41) is 7.45. The molecule has 0 aliphatic heterocycles. The molecule has 2 aromatic rings. The molecule has 1 aliphatic rings. The zero-order chi connectivity index (χ0) is 10.1. The molecule has 4 nitrogen and oxygen atoms in total. The molecule has 0 radical (unpaired) electrons. The van der Waals surface area contributed by atoms with Crippen LogP contribution in [-0.2, 0) is 12.8 Å². The van der Waals surface area contributed by atoms with E-state index in [9.17, 15) is 0 Å². The van der Waals surface area contributed by atoms with Crippen molar-refractivity contribution in [1.29, 1.82) is 0 Å². The summed E-state index contributed by atoms with van der Waals surface area (Å²) < 4.78 is 0. The molecule has 0 spiro atoms. The lowest BCUT2D eigenvalue weighted by Gasteiger charge is -2.10. The van der Waals surface area contributed by atoms with Crippen molar-refractivity contribution in [2.24, 2.45) is 0 Å². The van der Waals surface area contributed by atoms with Gasteiger partial charge in [0.2, 0.25) is 0 Å². The monoisotopic (exact) mass is 200 g/mol. The summed E-state index contributed by atoms with van der Waals surface area (Å²) in [6.07, 6.45) is 9.89. The zero-order valence-corrected chi connectivity index (χ0v) is 8.40. The van der Waals surface area contributed by atoms with Gasteiger partial charge in [-0.25, -0.2) is 0 Å². The van der Waals surface area contributed by atoms with Gasteiger partial charge in [0, 0.05) is 23.7 Å². The molecule has 0 aromatic carbocycles. The highest BCUT2D eigenvalue weighted by Crippen LogP contribution is 2.27. The van der Waals surface area contributed by atoms with Gasteiger partial charge in [-0.05, 0) is 25.7 Å². The molecule has 15 heavy (non-hydrogen) atoms. The summed E-state index contributed by atoms with van der Waals surface area (Å²) in [4.78, 5) is 8.36. The highest BCUT2D eigenvalue weighted by molar-refractivity contribution is 5.59. The molecule has 0 fully saturated rings. The van der Waals surface area contributed by atoms with Crippen LogP contribution in [-0.4, -0.2) is 20.2 Å². The van der Waals surface area contributed by atoms with Gasteiger partial charge < -0.3 is 0 Å². The van der Waals surface area contributed by atoms with Gasteiger partial charge in [0.25, 0.3) is 0 Å². The smallest absolute Gasteiger partial charge is 0.115 e. The average molecular weight is 200 g/mol. The van der Waals surface area contributed by atoms with Gasteiger partial charge in [-0.15, -0.1) is 0 Å². The molecule has 3 rings (SSSR count). The van der Waals surface area contributed by atoms with Crippen LogP contribution in [0.3, 0.4) is 0 Å². The summed E-state index contributed by atoms with van der Waals surface area (Å²) in [7, 11) is 0. The lowest BCUT2D eigenvalue weighted by atomic mass is 9.95. The van der Waals surface area contributed by atoms with Crippen LogP contribution in [0.25, 0.3) is 11.4 Å². The number of rotatable bonds is 1. The third-order valence-corrected chi connectivity index (χ3v) is 2.86. The third kappa shape index (κ3) is 1.42. The first-order valence-electron chi connectivity index (χ1n) is 5.27. The Balaban J connectivity index is 2.09. The summed E-state index contributed by atoms with van der Waals surface area (Å²) >= 11 is 0. The van der Waals surface area contributed by atoms with Gasteiger partial charge in [-0.2, -0.15) is 5.10 Å². The molecular weight excluding hydrogens is 188 g/mol. The van der Waals surface area contributed by atoms with Crippen molar-refractivity contribution >= 4 is 0 Å². The van der Waals surface area contributed by atoms with Crippen LogP contribution >= 0.6 is 0 Å². The van der Waals surface area contributed by atoms with Gasteiger partial charge in [-0.3, -0.25) is 15.1 Å². The van der Waals surface area contributed by atoms with Gasteiger partial charge >= 0.3 is 0 Å². The highest BCUT2D eigenvalue weighted by atomic mass is 15.1. The van der Waals surface area contributed by atoms with Gasteiger partial charge in [-0.1, -0.05) is 0 Å². The first-order chi connectivity index (χ1) is 7.45. The number of nitrogens with one attached hydrogen (secondary N) is 1. The van der Waals surface area contributed by atoms with Crippen molar-refractivity contribution in [3.8, 4) is 11.4 Å². The number of fused-ring (bicyclic) bond motifs is 1. The molecule has 2 aromatic heterocycles. The third-order valence-electron chi connectivity index (χ3n) is 2.86. The van der Waals surface area contributed by atoms with Crippen LogP contribution in [0, 0.1) is 0 Å². The summed E-state index contributed by atoms with van der Waals surface area (Å²) in [5.74, 6) is 0. The van der Waals surface area contributed by atoms with Crippen LogP contribution in [0.15, 0.2) is 18.6 Å². The second kappa shape index (κ2) is 3.46. The second-order valence-corrected chi connectivity index (χ2v) is 3.83. The number of hydrogen-bond acceptors (Lipinski definition) is 3. The molecule has 1 aliphatic carbocycles. The van der Waals surface area contributed by atoms with Crippen molar-refractivity contribution in [3.05, 3.63) is 29.8 Å². The Morgan fingerprint density at radius 3 is 2.93 bits per heavy atom. The Hall–Kier alpha value is -1.71. The standard InChI is InChI=1S/C11H12N4/c1-2-4-9-8(3-1)11(15-14-9)10-7-12-5-6-13-10/h5-7H,1-4H2,(H,14,15). The minimum atomic E-state index is 0.872. The summed E-state index contributed by atoms with van der Waals surface area (Å²) in [6, 6.07) is 0. The number of aryl methyl sites for hydroxylation is 1. The van der Waals surface area contributed by atoms with E-state index >= 15 is 0 Å². The maximum absolute atomic E-state index is 4.34. The predicted octanol–water partition coefficient (Wildman–Crippen LogP) is 1.75. The minimum absolute atomic E-state index is 0.872. The number of nitrogens with zero attached hydrogens (tertiary/aromatic N) is 3. The fourth-order valence-corrected chi connectivity index (χ4v) is 2.11. The van der Waals surface area contributed by atoms with Crippen molar-refractivity contribution < 1.29 is 0 Å². The van der Waals surface area contributed by atoms with Gasteiger partial charge in [0.05, 0.1) is 6.20 Å². The maximum atomic E-state index is 4.34. The van der Waals surface area contributed by atoms with Crippen molar-refractivity contribution in [1.82, 2.24) is 20.2 Å². The van der Waals surface area contributed by atoms with E-state index in [-0.39, 0.29) is 0 Å². The van der Waals surface area contributed by atoms with E-state index in [4.69, 9.17) is 0 Å². The Morgan fingerprint density at radius 2 is 2.07 bits per heavy atom. The number of aromatic amines is 1. The van der Waals surface area contributed by atoms with Gasteiger partial charge in [0.1, 0.15) is 11.4 Å². The fourth-order valence-electron chi connectivity index (χ4n) is 2.11. The Morgan fingerprint density at radius 1 is 1.13 bits per heavy atom. The zero-order valence-electron chi connectivity index (χ0n) is 8.40. The number of aromatic nitrogens is 4. The van der Waals surface area contributed by atoms with Crippen molar-refractivity contribution in [2.45, 2.75) is 25.7 Å². The minimum Gasteiger partial charge on any atom is -0.282 e. The second-order valence-electron chi connectivity index (χ2n) is 3.83. The number of hydrogen-bond donors (Lipinski definition) is 1. The van der Waals surface area contributed by atoms with E-state index in [2.05, 4.69) is 20.2 Å². The molecule has 4 heteroatoms. The lowest BCUT2D eigenvalue weighted by Crippen LogP contribution is -2.01. The molecule has 0 amide bonds. The van der Waals surface area contributed by atoms with Crippen molar-refractivity contribution in [2.75, 3.05) is 0 Å². The Kier molecular flexibility index (Phi) is 1.98. The molecule has 76 valence electrons. The van der Waals surface area contributed by atoms with Crippen LogP contribution < -0.4 is 0 Å². The highest BCUT2D eigenvalue weighted by Gasteiger charge is 2.18. The van der Waals surface area contributed by atoms with Crippen LogP contribution in [0.5, 0.6) is 0 Å². The Bertz CT molecular complexity index is 461. The summed E-state index contributed by atoms with van der Waals surface area (Å²) in [6.45, 7) is 0. The molecule has 0 unspecified atom stereocenters. The lowest BCUT2D eigenvalue weighted by molar-refractivity contribution is 0.675. The molecule has 0 bridgehead atoms. The predicted molar refractivity (Wildman–Crippen MR) is 56.3 cm³/mol. The molecule has 0 saturated carbocycles. The quantitative estimate of drug-likeness (QED) is 0.763. The summed E-state index contributed by atoms with van der Waals surface area (Å²) in [5.41, 5.74) is 4.47. The van der Waals surface area contributed by atoms with Crippen LogP contribution in [0.2, 0.25) is 0 Å². The van der Waals surface area contributed by atoms with E-state index in [0.717, 1.165) is 24.2 Å². The van der Waals surface area contributed by atoms with E-state index in [1.54, 1.807) is 18.6 Å². The first-order valence-corrected chi connectivity index (χ1v) is 5.27. The molecule has 0 atom stereocenters. The van der Waals surface area contributed by atoms with Gasteiger partial charge in [0.15, 0.2) is 0 Å². The first kappa shape index (κ1) is 8.59. The normalized spacial score (nSPS) is 14.9. The largest absolute Gasteiger partial charge is 0.282 e. The van der Waals surface area contributed by atoms with E-state index in [0.29, 0.717) is 0 Å². The Labute approximate surface area is 87.8 Å². The number of H-pyrrole nitrogens is 1. The molecule has 2 heterocycles. The SMILES string of the molecule is c1cnc(-c2n[nH]c3c2CCCC3)cn1. The van der Waals surface area contributed by atoms with E-state index in [1.165, 1.54) is 24.1 Å². The topological polar surface area (TPSA) is 54.5 Å². The van der Waals surface area contributed by atoms with E-state index < -0.39 is 0 Å².